The number of likely N-dealkylation sites (N-methyl/N-ethyl adjacent to an activating group) is 1. The summed E-state index contributed by atoms with van der Waals surface area (Å²) in [6.07, 6.45) is 14.3. The number of benzene rings is 1. The van der Waals surface area contributed by atoms with Crippen molar-refractivity contribution in [2.45, 2.75) is 95.1 Å². The molecule has 0 bridgehead atoms. The van der Waals surface area contributed by atoms with E-state index in [0.29, 0.717) is 22.5 Å². The molecule has 4 rings (SSSR count). The fourth-order valence-corrected chi connectivity index (χ4v) is 6.40. The molecule has 1 heterocycles. The van der Waals surface area contributed by atoms with E-state index in [9.17, 15) is 9.59 Å². The first-order chi connectivity index (χ1) is 16.4. The van der Waals surface area contributed by atoms with E-state index in [-0.39, 0.29) is 17.9 Å². The number of carbonyl (C=O) groups is 2. The Morgan fingerprint density at radius 2 is 1.82 bits per heavy atom. The molecular weight excluding hydrogens is 448 g/mol. The van der Waals surface area contributed by atoms with Crippen LogP contribution in [0.4, 0.5) is 0 Å². The number of guanidine groups is 1. The van der Waals surface area contributed by atoms with Crippen LogP contribution in [0.15, 0.2) is 29.3 Å². The number of hydrogen-bond acceptors (Lipinski definition) is 4. The van der Waals surface area contributed by atoms with E-state index >= 15 is 0 Å². The molecule has 6 nitrogen and oxygen atoms in total. The second-order valence-corrected chi connectivity index (χ2v) is 11.1. The van der Waals surface area contributed by atoms with Gasteiger partial charge in [0.25, 0.3) is 11.8 Å². The van der Waals surface area contributed by atoms with Gasteiger partial charge in [-0.05, 0) is 61.8 Å². The highest BCUT2D eigenvalue weighted by atomic mass is 35.5. The van der Waals surface area contributed by atoms with Crippen molar-refractivity contribution in [2.75, 3.05) is 7.05 Å². The summed E-state index contributed by atoms with van der Waals surface area (Å²) in [6, 6.07) is 7.09. The van der Waals surface area contributed by atoms with Crippen molar-refractivity contribution in [1.29, 1.82) is 0 Å². The number of carbonyl (C=O) groups excluding carboxylic acids is 2. The number of amides is 2. The third-order valence-corrected chi connectivity index (χ3v) is 8.41. The van der Waals surface area contributed by atoms with Crippen LogP contribution in [0, 0.1) is 11.8 Å². The molecule has 1 aliphatic heterocycles. The zero-order chi connectivity index (χ0) is 24.1. The van der Waals surface area contributed by atoms with Crippen molar-refractivity contribution in [2.24, 2.45) is 22.6 Å². The molecule has 1 aromatic rings. The van der Waals surface area contributed by atoms with Crippen LogP contribution >= 0.6 is 11.6 Å². The highest BCUT2D eigenvalue weighted by Crippen LogP contribution is 2.39. The van der Waals surface area contributed by atoms with Crippen LogP contribution in [0.1, 0.15) is 93.8 Å². The Morgan fingerprint density at radius 1 is 1.12 bits per heavy atom. The lowest BCUT2D eigenvalue weighted by Crippen LogP contribution is -2.45. The minimum atomic E-state index is -0.736. The van der Waals surface area contributed by atoms with Gasteiger partial charge < -0.3 is 11.1 Å². The summed E-state index contributed by atoms with van der Waals surface area (Å²) in [6.45, 7) is 0. The molecule has 186 valence electrons. The van der Waals surface area contributed by atoms with Crippen LogP contribution in [0.25, 0.3) is 0 Å². The molecule has 34 heavy (non-hydrogen) atoms. The van der Waals surface area contributed by atoms with Gasteiger partial charge in [-0.2, -0.15) is 0 Å². The highest BCUT2D eigenvalue weighted by molar-refractivity contribution is 6.30. The van der Waals surface area contributed by atoms with Crippen molar-refractivity contribution in [3.63, 3.8) is 0 Å². The van der Waals surface area contributed by atoms with Gasteiger partial charge in [0.2, 0.25) is 0 Å². The van der Waals surface area contributed by atoms with E-state index in [1.165, 1.54) is 43.4 Å². The van der Waals surface area contributed by atoms with Gasteiger partial charge in [-0.3, -0.25) is 14.5 Å². The third-order valence-electron chi connectivity index (χ3n) is 8.15. The first kappa shape index (κ1) is 25.0. The Balaban J connectivity index is 1.37. The molecule has 2 amide bonds. The largest absolute Gasteiger partial charge is 0.369 e. The summed E-state index contributed by atoms with van der Waals surface area (Å²) in [4.78, 5) is 32.3. The Hall–Kier alpha value is -2.08. The van der Waals surface area contributed by atoms with Gasteiger partial charge in [0.05, 0.1) is 0 Å². The van der Waals surface area contributed by atoms with E-state index in [0.717, 1.165) is 50.9 Å². The topological polar surface area (TPSA) is 87.8 Å². The average molecular weight is 487 g/mol. The van der Waals surface area contributed by atoms with Crippen molar-refractivity contribution in [3.05, 3.63) is 34.9 Å². The maximum atomic E-state index is 13.3. The number of halogens is 1. The van der Waals surface area contributed by atoms with Gasteiger partial charge in [-0.1, -0.05) is 69.4 Å². The summed E-state index contributed by atoms with van der Waals surface area (Å²) in [5, 5.41) is 3.82. The van der Waals surface area contributed by atoms with Gasteiger partial charge in [-0.25, -0.2) is 4.99 Å². The second kappa shape index (κ2) is 11.1. The lowest BCUT2D eigenvalue weighted by atomic mass is 9.75. The Labute approximate surface area is 208 Å². The molecule has 7 heteroatoms. The fraction of sp³-hybridized carbons (Fsp3) is 0.667. The van der Waals surface area contributed by atoms with Crippen LogP contribution in [0.3, 0.4) is 0 Å². The summed E-state index contributed by atoms with van der Waals surface area (Å²) in [5.74, 6) is 1.45. The molecule has 0 spiro atoms. The number of aliphatic imine (C=N–C) groups is 1. The van der Waals surface area contributed by atoms with E-state index in [2.05, 4.69) is 5.32 Å². The van der Waals surface area contributed by atoms with Gasteiger partial charge in [0.1, 0.15) is 5.54 Å². The van der Waals surface area contributed by atoms with Gasteiger partial charge in [0, 0.05) is 23.7 Å². The molecule has 0 saturated heterocycles. The van der Waals surface area contributed by atoms with E-state index in [1.807, 2.05) is 0 Å². The quantitative estimate of drug-likeness (QED) is 0.523. The van der Waals surface area contributed by atoms with Gasteiger partial charge in [0.15, 0.2) is 5.96 Å². The van der Waals surface area contributed by atoms with Crippen LogP contribution in [-0.2, 0) is 4.79 Å². The zero-order valence-corrected chi connectivity index (χ0v) is 21.2. The number of nitrogens with one attached hydrogen (secondary N) is 1. The number of nitrogens with zero attached hydrogens (tertiary/aromatic N) is 2. The molecule has 0 radical (unpaired) electrons. The van der Waals surface area contributed by atoms with E-state index in [4.69, 9.17) is 22.3 Å². The molecule has 3 N–H and O–H groups in total. The lowest BCUT2D eigenvalue weighted by Gasteiger charge is -2.35. The van der Waals surface area contributed by atoms with E-state index in [1.54, 1.807) is 31.3 Å². The van der Waals surface area contributed by atoms with Crippen LogP contribution in [-0.4, -0.2) is 41.3 Å². The zero-order valence-electron chi connectivity index (χ0n) is 20.4. The Kier molecular flexibility index (Phi) is 8.18. The minimum absolute atomic E-state index is 0.0426. The van der Waals surface area contributed by atoms with Crippen molar-refractivity contribution in [1.82, 2.24) is 10.2 Å². The summed E-state index contributed by atoms with van der Waals surface area (Å²) in [7, 11) is 1.74. The SMILES string of the molecule is CN1C(=O)[C@@](CCCC2CCCCC2)(C[C@H]2CCC[C@@H](NC(=O)c3ccc(Cl)cc3)C2)N=C1N. The third kappa shape index (κ3) is 5.94. The molecular formula is C27H39ClN4O2. The van der Waals surface area contributed by atoms with Crippen LogP contribution in [0.2, 0.25) is 5.02 Å². The van der Waals surface area contributed by atoms with Crippen molar-refractivity contribution in [3.8, 4) is 0 Å². The molecule has 2 saturated carbocycles. The molecule has 3 atom stereocenters. The molecule has 2 fully saturated rings. The van der Waals surface area contributed by atoms with Crippen molar-refractivity contribution < 1.29 is 9.59 Å². The number of nitrogens with two attached hydrogens (primary N) is 1. The lowest BCUT2D eigenvalue weighted by molar-refractivity contribution is -0.131. The monoisotopic (exact) mass is 486 g/mol. The predicted octanol–water partition coefficient (Wildman–Crippen LogP) is 5.29. The molecule has 0 unspecified atom stereocenters. The first-order valence-corrected chi connectivity index (χ1v) is 13.4. The molecule has 1 aromatic carbocycles. The summed E-state index contributed by atoms with van der Waals surface area (Å²) in [5.41, 5.74) is 6.01. The number of rotatable bonds is 8. The minimum Gasteiger partial charge on any atom is -0.369 e. The number of hydrogen-bond donors (Lipinski definition) is 2. The maximum Gasteiger partial charge on any atom is 0.257 e. The fourth-order valence-electron chi connectivity index (χ4n) is 6.27. The summed E-state index contributed by atoms with van der Waals surface area (Å²) < 4.78 is 0. The molecule has 3 aliphatic rings. The normalized spacial score (nSPS) is 28.1. The standard InChI is InChI=1S/C27H39ClN4O2/c1-32-25(34)27(31-26(32)29,16-6-10-19-7-3-2-4-8-19)18-20-9-5-11-23(17-20)30-24(33)21-12-14-22(28)15-13-21/h12-15,19-20,23H,2-11,16-18H2,1H3,(H2,29,31)(H,30,33)/t20-,23+,27+/m0/s1. The van der Waals surface area contributed by atoms with Crippen LogP contribution in [0.5, 0.6) is 0 Å². The predicted molar refractivity (Wildman–Crippen MR) is 137 cm³/mol. The average Bonchev–Trinajstić information content (AvgIpc) is 3.04. The molecule has 0 aromatic heterocycles. The Morgan fingerprint density at radius 3 is 2.50 bits per heavy atom. The highest BCUT2D eigenvalue weighted by Gasteiger charge is 2.47. The van der Waals surface area contributed by atoms with Gasteiger partial charge >= 0.3 is 0 Å². The summed E-state index contributed by atoms with van der Waals surface area (Å²) >= 11 is 5.95. The smallest absolute Gasteiger partial charge is 0.257 e. The van der Waals surface area contributed by atoms with E-state index < -0.39 is 5.54 Å². The maximum absolute atomic E-state index is 13.3. The van der Waals surface area contributed by atoms with Crippen molar-refractivity contribution >= 4 is 29.4 Å². The first-order valence-electron chi connectivity index (χ1n) is 13.1. The van der Waals surface area contributed by atoms with Crippen LogP contribution < -0.4 is 11.1 Å². The Bertz CT molecular complexity index is 896. The molecule has 2 aliphatic carbocycles. The second-order valence-electron chi connectivity index (χ2n) is 10.7. The van der Waals surface area contributed by atoms with Gasteiger partial charge in [-0.15, -0.1) is 0 Å².